The Morgan fingerprint density at radius 3 is 2.82 bits per heavy atom. The topological polar surface area (TPSA) is 85.1 Å². The molecule has 0 spiro atoms. The number of nitrogen functional groups attached to an aromatic ring is 1. The second-order valence-electron chi connectivity index (χ2n) is 3.85. The van der Waals surface area contributed by atoms with Crippen LogP contribution in [-0.4, -0.2) is 19.4 Å². The molecule has 0 saturated carbocycles. The van der Waals surface area contributed by atoms with Crippen molar-refractivity contribution in [3.8, 4) is 0 Å². The summed E-state index contributed by atoms with van der Waals surface area (Å²) in [6.07, 6.45) is 3.15. The number of hydrogen-bond donors (Lipinski definition) is 2. The summed E-state index contributed by atoms with van der Waals surface area (Å²) in [7, 11) is -3.60. The number of nitrogens with two attached hydrogens (primary N) is 1. The molecule has 1 rings (SSSR count). The summed E-state index contributed by atoms with van der Waals surface area (Å²) < 4.78 is 27.2. The summed E-state index contributed by atoms with van der Waals surface area (Å²) in [5.41, 5.74) is 5.57. The molecule has 0 saturated heterocycles. The van der Waals surface area contributed by atoms with Gasteiger partial charge in [-0.05, 0) is 35.3 Å². The average Bonchev–Trinajstić information content (AvgIpc) is 2.21. The molecule has 96 valence electrons. The van der Waals surface area contributed by atoms with E-state index in [0.717, 1.165) is 12.8 Å². The van der Waals surface area contributed by atoms with Crippen LogP contribution in [0.4, 0.5) is 5.82 Å². The Morgan fingerprint density at radius 1 is 1.59 bits per heavy atom. The van der Waals surface area contributed by atoms with Crippen molar-refractivity contribution in [2.45, 2.75) is 37.6 Å². The van der Waals surface area contributed by atoms with Gasteiger partial charge in [0.2, 0.25) is 10.0 Å². The van der Waals surface area contributed by atoms with E-state index < -0.39 is 10.0 Å². The lowest BCUT2D eigenvalue weighted by molar-refractivity contribution is 0.544. The van der Waals surface area contributed by atoms with Crippen LogP contribution in [0.3, 0.4) is 0 Å². The molecule has 1 aromatic heterocycles. The lowest BCUT2D eigenvalue weighted by Crippen LogP contribution is -2.33. The zero-order chi connectivity index (χ0) is 13.1. The van der Waals surface area contributed by atoms with Crippen molar-refractivity contribution in [1.29, 1.82) is 0 Å². The molecule has 0 aromatic carbocycles. The molecule has 1 unspecified atom stereocenters. The van der Waals surface area contributed by atoms with Crippen LogP contribution in [0.25, 0.3) is 0 Å². The van der Waals surface area contributed by atoms with Gasteiger partial charge >= 0.3 is 0 Å². The van der Waals surface area contributed by atoms with Gasteiger partial charge in [0.15, 0.2) is 0 Å². The second-order valence-corrected chi connectivity index (χ2v) is 6.45. The number of nitrogens with one attached hydrogen (secondary N) is 1. The Balaban J connectivity index is 3.01. The minimum atomic E-state index is -3.60. The fourth-order valence-electron chi connectivity index (χ4n) is 1.47. The maximum Gasteiger partial charge on any atom is 0.244 e. The Bertz CT molecular complexity index is 490. The molecule has 1 atom stereocenters. The van der Waals surface area contributed by atoms with E-state index in [9.17, 15) is 8.42 Å². The number of nitrogens with zero attached hydrogens (tertiary/aromatic N) is 1. The molecule has 0 aliphatic rings. The molecular formula is C10H16BrN3O2S. The minimum Gasteiger partial charge on any atom is -0.383 e. The summed E-state index contributed by atoms with van der Waals surface area (Å²) in [6, 6.07) is 1.33. The van der Waals surface area contributed by atoms with E-state index in [-0.39, 0.29) is 16.8 Å². The van der Waals surface area contributed by atoms with Gasteiger partial charge in [0.25, 0.3) is 0 Å². The first kappa shape index (κ1) is 14.4. The molecule has 7 heteroatoms. The smallest absolute Gasteiger partial charge is 0.244 e. The van der Waals surface area contributed by atoms with Crippen LogP contribution < -0.4 is 10.5 Å². The zero-order valence-electron chi connectivity index (χ0n) is 9.77. The number of halogens is 1. The molecule has 0 radical (unpaired) electrons. The Morgan fingerprint density at radius 2 is 2.24 bits per heavy atom. The fourth-order valence-corrected chi connectivity index (χ4v) is 3.33. The maximum atomic E-state index is 12.0. The van der Waals surface area contributed by atoms with Crippen LogP contribution >= 0.6 is 15.9 Å². The van der Waals surface area contributed by atoms with Crippen molar-refractivity contribution in [2.24, 2.45) is 0 Å². The van der Waals surface area contributed by atoms with Crippen molar-refractivity contribution in [1.82, 2.24) is 9.71 Å². The van der Waals surface area contributed by atoms with E-state index in [4.69, 9.17) is 5.73 Å². The molecule has 0 aliphatic carbocycles. The van der Waals surface area contributed by atoms with E-state index in [1.54, 1.807) is 0 Å². The highest BCUT2D eigenvalue weighted by Gasteiger charge is 2.20. The third-order valence-corrected chi connectivity index (χ3v) is 4.27. The van der Waals surface area contributed by atoms with Gasteiger partial charge in [0.05, 0.1) is 0 Å². The first-order valence-corrected chi connectivity index (χ1v) is 7.57. The highest BCUT2D eigenvalue weighted by molar-refractivity contribution is 9.10. The van der Waals surface area contributed by atoms with Gasteiger partial charge in [-0.25, -0.2) is 18.1 Å². The number of pyridine rings is 1. The molecule has 0 amide bonds. The normalized spacial score (nSPS) is 13.6. The molecule has 1 aromatic rings. The quantitative estimate of drug-likeness (QED) is 0.867. The highest BCUT2D eigenvalue weighted by atomic mass is 79.9. The molecule has 0 fully saturated rings. The zero-order valence-corrected chi connectivity index (χ0v) is 12.2. The Hall–Kier alpha value is -0.660. The van der Waals surface area contributed by atoms with E-state index in [2.05, 4.69) is 25.6 Å². The summed E-state index contributed by atoms with van der Waals surface area (Å²) in [5, 5.41) is 0. The fraction of sp³-hybridized carbons (Fsp3) is 0.500. The van der Waals surface area contributed by atoms with Crippen LogP contribution in [0.5, 0.6) is 0 Å². The van der Waals surface area contributed by atoms with Crippen molar-refractivity contribution in [3.05, 3.63) is 16.7 Å². The lowest BCUT2D eigenvalue weighted by Gasteiger charge is -2.14. The largest absolute Gasteiger partial charge is 0.383 e. The highest BCUT2D eigenvalue weighted by Crippen LogP contribution is 2.20. The van der Waals surface area contributed by atoms with Gasteiger partial charge in [-0.2, -0.15) is 0 Å². The number of hydrogen-bond acceptors (Lipinski definition) is 4. The lowest BCUT2D eigenvalue weighted by atomic mass is 10.2. The minimum absolute atomic E-state index is 0.00407. The van der Waals surface area contributed by atoms with Gasteiger partial charge in [0, 0.05) is 16.7 Å². The van der Waals surface area contributed by atoms with E-state index in [0.29, 0.717) is 4.47 Å². The van der Waals surface area contributed by atoms with Gasteiger partial charge in [-0.3, -0.25) is 0 Å². The molecule has 17 heavy (non-hydrogen) atoms. The van der Waals surface area contributed by atoms with E-state index in [1.165, 1.54) is 12.3 Å². The first-order valence-electron chi connectivity index (χ1n) is 5.30. The SMILES string of the molecule is CCCC(C)NS(=O)(=O)c1cc(Br)cnc1N. The summed E-state index contributed by atoms with van der Waals surface area (Å²) >= 11 is 3.18. The standard InChI is InChI=1S/C10H16BrN3O2S/c1-3-4-7(2)14-17(15,16)9-5-8(11)6-13-10(9)12/h5-7,14H,3-4H2,1-2H3,(H2,12,13). The third-order valence-electron chi connectivity index (χ3n) is 2.22. The molecule has 1 heterocycles. The van der Waals surface area contributed by atoms with E-state index in [1.807, 2.05) is 13.8 Å². The molecule has 5 nitrogen and oxygen atoms in total. The van der Waals surface area contributed by atoms with Crippen molar-refractivity contribution in [2.75, 3.05) is 5.73 Å². The van der Waals surface area contributed by atoms with Crippen LogP contribution in [0.15, 0.2) is 21.6 Å². The van der Waals surface area contributed by atoms with Crippen molar-refractivity contribution in [3.63, 3.8) is 0 Å². The van der Waals surface area contributed by atoms with Crippen molar-refractivity contribution < 1.29 is 8.42 Å². The van der Waals surface area contributed by atoms with Gasteiger partial charge in [-0.15, -0.1) is 0 Å². The number of aromatic nitrogens is 1. The average molecular weight is 322 g/mol. The van der Waals surface area contributed by atoms with Crippen LogP contribution in [0.2, 0.25) is 0 Å². The summed E-state index contributed by atoms with van der Waals surface area (Å²) in [4.78, 5) is 3.82. The Labute approximate surface area is 110 Å². The molecule has 0 aliphatic heterocycles. The van der Waals surface area contributed by atoms with Crippen LogP contribution in [0.1, 0.15) is 26.7 Å². The number of sulfonamides is 1. The third kappa shape index (κ3) is 3.93. The summed E-state index contributed by atoms with van der Waals surface area (Å²) in [5.74, 6) is 0.00407. The van der Waals surface area contributed by atoms with Gasteiger partial charge in [-0.1, -0.05) is 13.3 Å². The Kier molecular flexibility index (Phi) is 4.91. The van der Waals surface area contributed by atoms with Gasteiger partial charge in [0.1, 0.15) is 10.7 Å². The molecular weight excluding hydrogens is 306 g/mol. The van der Waals surface area contributed by atoms with Gasteiger partial charge < -0.3 is 5.73 Å². The summed E-state index contributed by atoms with van der Waals surface area (Å²) in [6.45, 7) is 3.82. The monoisotopic (exact) mass is 321 g/mol. The first-order chi connectivity index (χ1) is 7.86. The molecule has 0 bridgehead atoms. The second kappa shape index (κ2) is 5.79. The van der Waals surface area contributed by atoms with Crippen LogP contribution in [-0.2, 0) is 10.0 Å². The van der Waals surface area contributed by atoms with Crippen molar-refractivity contribution >= 4 is 31.8 Å². The number of anilines is 1. The maximum absolute atomic E-state index is 12.0. The van der Waals surface area contributed by atoms with E-state index >= 15 is 0 Å². The van der Waals surface area contributed by atoms with Crippen LogP contribution in [0, 0.1) is 0 Å². The predicted octanol–water partition coefficient (Wildman–Crippen LogP) is 1.89. The predicted molar refractivity (Wildman–Crippen MR) is 71.0 cm³/mol. The molecule has 3 N–H and O–H groups in total. The number of rotatable bonds is 5.